The molecule has 3 aromatic heterocycles. The van der Waals surface area contributed by atoms with Crippen LogP contribution in [0.25, 0.3) is 43.2 Å². The second-order valence-corrected chi connectivity index (χ2v) is 12.8. The number of benzene rings is 2. The van der Waals surface area contributed by atoms with Gasteiger partial charge in [0, 0.05) is 64.3 Å². The zero-order chi connectivity index (χ0) is 30.2. The fourth-order valence-corrected chi connectivity index (χ4v) is 8.02. The molecule has 5 aromatic rings. The Bertz CT molecular complexity index is 1900. The Labute approximate surface area is 263 Å². The molecule has 0 spiro atoms. The molecule has 2 aromatic carbocycles. The van der Waals surface area contributed by atoms with Gasteiger partial charge in [-0.2, -0.15) is 0 Å². The zero-order valence-electron chi connectivity index (χ0n) is 24.3. The van der Waals surface area contributed by atoms with E-state index in [1.807, 2.05) is 0 Å². The number of carbonyl (C=O) groups excluding carboxylic acids is 1. The molecule has 5 heterocycles. The number of methoxy groups -OCH3 is 1. The minimum absolute atomic E-state index is 0.0847. The van der Waals surface area contributed by atoms with Gasteiger partial charge >= 0.3 is 0 Å². The average molecular weight is 627 g/mol. The Morgan fingerprint density at radius 2 is 2.02 bits per heavy atom. The Kier molecular flexibility index (Phi) is 7.98. The Balaban J connectivity index is 1.44. The number of hydrogen-bond acceptors (Lipinski definition) is 8. The molecule has 7 rings (SSSR count). The van der Waals surface area contributed by atoms with E-state index in [1.54, 1.807) is 40.7 Å². The van der Waals surface area contributed by atoms with E-state index in [1.165, 1.54) is 29.3 Å². The standard InChI is InChI=1S/C34H31FN4O3S2/c1-3-29(40)39-12-9-26-28(19-39)44-34(37-26)32-30(24-7-6-23(35)17-27(24)42-14-13-41-2)33-25(10-15-43-33)31(38-32)21-4-5-22-18-36-11-8-20(22)16-21/h3-7,10,15-17,36H,1,8-9,11-14,18-19H2,2H3. The summed E-state index contributed by atoms with van der Waals surface area (Å²) in [5.74, 6) is -0.0358. The lowest BCUT2D eigenvalue weighted by atomic mass is 9.94. The van der Waals surface area contributed by atoms with Crippen molar-refractivity contribution in [3.8, 4) is 38.8 Å². The lowest BCUT2D eigenvalue weighted by Gasteiger charge is -2.24. The molecule has 224 valence electrons. The number of amides is 1. The summed E-state index contributed by atoms with van der Waals surface area (Å²) in [5, 5.41) is 7.32. The van der Waals surface area contributed by atoms with Gasteiger partial charge in [0.05, 0.1) is 24.5 Å². The predicted molar refractivity (Wildman–Crippen MR) is 174 cm³/mol. The van der Waals surface area contributed by atoms with Gasteiger partial charge in [0.15, 0.2) is 0 Å². The third kappa shape index (κ3) is 5.32. The van der Waals surface area contributed by atoms with E-state index in [0.717, 1.165) is 73.3 Å². The quantitative estimate of drug-likeness (QED) is 0.154. The summed E-state index contributed by atoms with van der Waals surface area (Å²) < 4.78 is 26.9. The SMILES string of the molecule is C=CC(=O)N1CCc2nc(-c3nc(-c4ccc5c(c4)CCNC5)c4ccsc4c3-c3ccc(F)cc3OCCOC)sc2C1. The first-order valence-corrected chi connectivity index (χ1v) is 16.3. The molecule has 0 aliphatic carbocycles. The molecular formula is C34H31FN4O3S2. The number of fused-ring (bicyclic) bond motifs is 3. The van der Waals surface area contributed by atoms with Gasteiger partial charge in [0.1, 0.15) is 28.9 Å². The number of pyridine rings is 1. The zero-order valence-corrected chi connectivity index (χ0v) is 26.0. The number of ether oxygens (including phenoxy) is 2. The van der Waals surface area contributed by atoms with Crippen molar-refractivity contribution in [3.63, 3.8) is 0 Å². The molecule has 44 heavy (non-hydrogen) atoms. The number of rotatable bonds is 8. The number of halogens is 1. The highest BCUT2D eigenvalue weighted by atomic mass is 32.1. The topological polar surface area (TPSA) is 76.6 Å². The third-order valence-electron chi connectivity index (χ3n) is 8.15. The van der Waals surface area contributed by atoms with Gasteiger partial charge in [-0.1, -0.05) is 18.7 Å². The van der Waals surface area contributed by atoms with Crippen LogP contribution in [0, 0.1) is 5.82 Å². The van der Waals surface area contributed by atoms with Gasteiger partial charge in [-0.3, -0.25) is 4.79 Å². The molecule has 2 aliphatic heterocycles. The number of hydrogen-bond donors (Lipinski definition) is 1. The van der Waals surface area contributed by atoms with Gasteiger partial charge in [0.2, 0.25) is 5.91 Å². The maximum absolute atomic E-state index is 14.6. The molecule has 2 aliphatic rings. The Morgan fingerprint density at radius 3 is 2.89 bits per heavy atom. The summed E-state index contributed by atoms with van der Waals surface area (Å²) in [6, 6.07) is 13.4. The first kappa shape index (κ1) is 28.8. The number of nitrogens with zero attached hydrogens (tertiary/aromatic N) is 3. The molecule has 0 saturated carbocycles. The number of thiophene rings is 1. The van der Waals surface area contributed by atoms with E-state index in [4.69, 9.17) is 19.4 Å². The van der Waals surface area contributed by atoms with Crippen LogP contribution in [0.2, 0.25) is 0 Å². The largest absolute Gasteiger partial charge is 0.490 e. The Hall–Kier alpha value is -3.96. The third-order valence-corrected chi connectivity index (χ3v) is 10.2. The highest BCUT2D eigenvalue weighted by Gasteiger charge is 2.28. The van der Waals surface area contributed by atoms with Gasteiger partial charge in [0.25, 0.3) is 0 Å². The van der Waals surface area contributed by atoms with Crippen molar-refractivity contribution in [1.82, 2.24) is 20.2 Å². The molecule has 0 bridgehead atoms. The van der Waals surface area contributed by atoms with Gasteiger partial charge in [-0.15, -0.1) is 22.7 Å². The minimum atomic E-state index is -0.380. The van der Waals surface area contributed by atoms with E-state index in [0.29, 0.717) is 31.9 Å². The predicted octanol–water partition coefficient (Wildman–Crippen LogP) is 6.63. The lowest BCUT2D eigenvalue weighted by molar-refractivity contribution is -0.126. The van der Waals surface area contributed by atoms with Gasteiger partial charge in [-0.05, 0) is 59.8 Å². The van der Waals surface area contributed by atoms with E-state index in [9.17, 15) is 9.18 Å². The summed E-state index contributed by atoms with van der Waals surface area (Å²) in [4.78, 5) is 25.7. The summed E-state index contributed by atoms with van der Waals surface area (Å²) in [7, 11) is 1.61. The number of aromatic nitrogens is 2. The highest BCUT2D eigenvalue weighted by Crippen LogP contribution is 2.47. The van der Waals surface area contributed by atoms with Crippen molar-refractivity contribution in [1.29, 1.82) is 0 Å². The molecule has 0 fully saturated rings. The molecular weight excluding hydrogens is 596 g/mol. The van der Waals surface area contributed by atoms with Crippen LogP contribution in [0.3, 0.4) is 0 Å². The molecule has 1 N–H and O–H groups in total. The van der Waals surface area contributed by atoms with Crippen LogP contribution in [0.1, 0.15) is 21.7 Å². The van der Waals surface area contributed by atoms with Crippen molar-refractivity contribution in [2.45, 2.75) is 25.9 Å². The van der Waals surface area contributed by atoms with Crippen LogP contribution in [0.4, 0.5) is 4.39 Å². The van der Waals surface area contributed by atoms with Crippen LogP contribution in [-0.2, 0) is 35.5 Å². The summed E-state index contributed by atoms with van der Waals surface area (Å²) >= 11 is 3.18. The highest BCUT2D eigenvalue weighted by molar-refractivity contribution is 7.18. The molecule has 1 amide bonds. The van der Waals surface area contributed by atoms with Crippen LogP contribution >= 0.6 is 22.7 Å². The minimum Gasteiger partial charge on any atom is -0.490 e. The van der Waals surface area contributed by atoms with Crippen molar-refractivity contribution in [2.24, 2.45) is 0 Å². The van der Waals surface area contributed by atoms with Crippen molar-refractivity contribution in [2.75, 3.05) is 33.4 Å². The van der Waals surface area contributed by atoms with E-state index in [2.05, 4.69) is 41.5 Å². The first-order valence-electron chi connectivity index (χ1n) is 14.6. The maximum atomic E-state index is 14.6. The summed E-state index contributed by atoms with van der Waals surface area (Å²) in [6.07, 6.45) is 2.99. The van der Waals surface area contributed by atoms with Crippen LogP contribution in [0.5, 0.6) is 5.75 Å². The summed E-state index contributed by atoms with van der Waals surface area (Å²) in [6.45, 7) is 7.22. The Morgan fingerprint density at radius 1 is 1.11 bits per heavy atom. The monoisotopic (exact) mass is 626 g/mol. The van der Waals surface area contributed by atoms with E-state index < -0.39 is 0 Å². The number of nitrogens with one attached hydrogen (secondary N) is 1. The fourth-order valence-electron chi connectivity index (χ4n) is 5.95. The lowest BCUT2D eigenvalue weighted by Crippen LogP contribution is -2.34. The summed E-state index contributed by atoms with van der Waals surface area (Å²) in [5.41, 5.74) is 7.91. The van der Waals surface area contributed by atoms with E-state index in [-0.39, 0.29) is 18.3 Å². The van der Waals surface area contributed by atoms with Gasteiger partial charge < -0.3 is 19.7 Å². The normalized spacial score (nSPS) is 14.4. The van der Waals surface area contributed by atoms with Gasteiger partial charge in [-0.25, -0.2) is 14.4 Å². The first-order chi connectivity index (χ1) is 21.5. The average Bonchev–Trinajstić information content (AvgIpc) is 3.71. The number of thiazole rings is 1. The molecule has 0 radical (unpaired) electrons. The smallest absolute Gasteiger partial charge is 0.246 e. The second-order valence-electron chi connectivity index (χ2n) is 10.8. The molecule has 10 heteroatoms. The van der Waals surface area contributed by atoms with Crippen LogP contribution < -0.4 is 10.1 Å². The fraction of sp³-hybridized carbons (Fsp3) is 0.265. The molecule has 0 saturated heterocycles. The molecule has 0 atom stereocenters. The molecule has 0 unspecified atom stereocenters. The molecule has 7 nitrogen and oxygen atoms in total. The number of carbonyl (C=O) groups is 1. The van der Waals surface area contributed by atoms with Crippen LogP contribution in [0.15, 0.2) is 60.5 Å². The van der Waals surface area contributed by atoms with Crippen molar-refractivity contribution < 1.29 is 18.7 Å². The van der Waals surface area contributed by atoms with Crippen LogP contribution in [-0.4, -0.2) is 54.2 Å². The maximum Gasteiger partial charge on any atom is 0.246 e. The van der Waals surface area contributed by atoms with Crippen molar-refractivity contribution in [3.05, 3.63) is 88.0 Å². The van der Waals surface area contributed by atoms with E-state index >= 15 is 0 Å². The van der Waals surface area contributed by atoms with Crippen molar-refractivity contribution >= 4 is 38.7 Å². The second kappa shape index (κ2) is 12.2.